The molecule has 1 heterocycles. The minimum atomic E-state index is -4.42. The molecule has 0 saturated heterocycles. The highest BCUT2D eigenvalue weighted by Crippen LogP contribution is 2.30. The fraction of sp³-hybridized carbons (Fsp3) is 0.188. The van der Waals surface area contributed by atoms with Crippen molar-refractivity contribution in [3.8, 4) is 5.97 Å². The van der Waals surface area contributed by atoms with E-state index in [4.69, 9.17) is 5.26 Å². The number of nitrogens with one attached hydrogen (secondary N) is 2. The lowest BCUT2D eigenvalue weighted by molar-refractivity contribution is -0.527. The van der Waals surface area contributed by atoms with Crippen LogP contribution in [0.1, 0.15) is 34.5 Å². The van der Waals surface area contributed by atoms with Gasteiger partial charge in [-0.25, -0.2) is 10.7 Å². The first kappa shape index (κ1) is 18.5. The van der Waals surface area contributed by atoms with Crippen molar-refractivity contribution in [2.24, 2.45) is 0 Å². The monoisotopic (exact) mass is 346 g/mol. The van der Waals surface area contributed by atoms with Crippen LogP contribution in [0.4, 0.5) is 13.2 Å². The van der Waals surface area contributed by atoms with Gasteiger partial charge in [-0.15, -0.1) is 0 Å². The maximum Gasteiger partial charge on any atom is 0.671 e. The largest absolute Gasteiger partial charge is 0.671 e. The molecule has 1 aromatic carbocycles. The van der Waals surface area contributed by atoms with Crippen LogP contribution in [0.15, 0.2) is 48.8 Å². The van der Waals surface area contributed by atoms with Crippen molar-refractivity contribution >= 4 is 13.3 Å². The second-order valence-electron chi connectivity index (χ2n) is 5.24. The molecule has 1 unspecified atom stereocenters. The molecule has 2 rings (SSSR count). The number of aromatic nitrogens is 1. The molecule has 5 nitrogen and oxygen atoms in total. The van der Waals surface area contributed by atoms with E-state index in [9.17, 15) is 18.0 Å². The molecule has 0 aliphatic rings. The third kappa shape index (κ3) is 5.06. The molecule has 0 aliphatic carbocycles. The second-order valence-corrected chi connectivity index (χ2v) is 5.24. The number of hydrazine groups is 1. The first-order chi connectivity index (χ1) is 11.8. The Morgan fingerprint density at radius 2 is 1.96 bits per heavy atom. The summed E-state index contributed by atoms with van der Waals surface area (Å²) < 4.78 is 39.7. The number of hydrogen-bond acceptors (Lipinski definition) is 3. The summed E-state index contributed by atoms with van der Waals surface area (Å²) in [6.07, 6.45) is -1.35. The third-order valence-electron chi connectivity index (χ3n) is 3.44. The van der Waals surface area contributed by atoms with Gasteiger partial charge in [0.2, 0.25) is 0 Å². The number of nitriles is 1. The maximum atomic E-state index is 12.7. The number of hydrogen-bond donors (Lipinski definition) is 2. The Bertz CT molecular complexity index is 787. The lowest BCUT2D eigenvalue weighted by Gasteiger charge is -2.16. The van der Waals surface area contributed by atoms with Crippen molar-refractivity contribution in [3.05, 3.63) is 65.5 Å². The number of halogens is 3. The highest BCUT2D eigenvalue weighted by atomic mass is 19.4. The normalized spacial score (nSPS) is 12.1. The van der Waals surface area contributed by atoms with Crippen molar-refractivity contribution in [2.45, 2.75) is 19.1 Å². The number of benzene rings is 1. The van der Waals surface area contributed by atoms with Gasteiger partial charge >= 0.3 is 13.6 Å². The fourth-order valence-corrected chi connectivity index (χ4v) is 2.06. The van der Waals surface area contributed by atoms with Crippen LogP contribution in [0.2, 0.25) is 0 Å². The Balaban J connectivity index is 1.98. The summed E-state index contributed by atoms with van der Waals surface area (Å²) in [7, 11) is 1.26. The van der Waals surface area contributed by atoms with E-state index in [1.807, 2.05) is 5.97 Å². The average Bonchev–Trinajstić information content (AvgIpc) is 2.59. The molecule has 1 amide bonds. The number of nitrogens with zero attached hydrogens (tertiary/aromatic N) is 2. The zero-order chi connectivity index (χ0) is 18.4. The third-order valence-corrected chi connectivity index (χ3v) is 3.44. The SMILES string of the molecule is CC(NNC(=O)c1cc[n+]([B]C#N)cc1)c1cccc(C(F)(F)F)c1. The van der Waals surface area contributed by atoms with Crippen LogP contribution in [0.25, 0.3) is 0 Å². The summed E-state index contributed by atoms with van der Waals surface area (Å²) in [5.41, 5.74) is 5.12. The number of carbonyl (C=O) groups is 1. The van der Waals surface area contributed by atoms with Crippen LogP contribution in [0, 0.1) is 11.2 Å². The first-order valence-corrected chi connectivity index (χ1v) is 7.28. The zero-order valence-corrected chi connectivity index (χ0v) is 13.2. The summed E-state index contributed by atoms with van der Waals surface area (Å²) in [6, 6.07) is 7.40. The van der Waals surface area contributed by atoms with Gasteiger partial charge in [0.15, 0.2) is 0 Å². The van der Waals surface area contributed by atoms with Crippen molar-refractivity contribution in [3.63, 3.8) is 0 Å². The number of carbonyl (C=O) groups excluding carboxylic acids is 1. The van der Waals surface area contributed by atoms with E-state index in [-0.39, 0.29) is 0 Å². The molecule has 1 atom stereocenters. The Morgan fingerprint density at radius 1 is 1.28 bits per heavy atom. The summed E-state index contributed by atoms with van der Waals surface area (Å²) in [6.45, 7) is 1.64. The Labute approximate surface area is 143 Å². The van der Waals surface area contributed by atoms with Crippen LogP contribution >= 0.6 is 0 Å². The number of pyridine rings is 1. The van der Waals surface area contributed by atoms with Gasteiger partial charge in [-0.2, -0.15) is 13.2 Å². The molecule has 0 fully saturated rings. The van der Waals surface area contributed by atoms with E-state index in [1.165, 1.54) is 42.5 Å². The summed E-state index contributed by atoms with van der Waals surface area (Å²) in [5, 5.41) is 8.54. The standard InChI is InChI=1S/C16H14BF3N4O/c1-11(13-3-2-4-14(9-13)16(18,19)20)22-23-15(25)12-5-7-24(8-6-12)17-10-21/h2-9,11,22H,1H3,(H,23,25)/q+1. The molecule has 9 heteroatoms. The van der Waals surface area contributed by atoms with E-state index in [2.05, 4.69) is 10.9 Å². The maximum absolute atomic E-state index is 12.7. The smallest absolute Gasteiger partial charge is 0.287 e. The number of alkyl halides is 3. The fourth-order valence-electron chi connectivity index (χ4n) is 2.06. The van der Waals surface area contributed by atoms with E-state index in [1.54, 1.807) is 13.0 Å². The first-order valence-electron chi connectivity index (χ1n) is 7.28. The quantitative estimate of drug-likeness (QED) is 0.642. The summed E-state index contributed by atoms with van der Waals surface area (Å²) >= 11 is 0. The van der Waals surface area contributed by atoms with Crippen molar-refractivity contribution in [2.75, 3.05) is 0 Å². The zero-order valence-electron chi connectivity index (χ0n) is 13.2. The molecule has 0 aliphatic heterocycles. The minimum Gasteiger partial charge on any atom is -0.287 e. The minimum absolute atomic E-state index is 0.339. The highest BCUT2D eigenvalue weighted by Gasteiger charge is 2.30. The van der Waals surface area contributed by atoms with Crippen molar-refractivity contribution in [1.29, 1.82) is 5.26 Å². The van der Waals surface area contributed by atoms with Gasteiger partial charge in [-0.05, 0) is 24.6 Å². The molecule has 0 saturated carbocycles. The van der Waals surface area contributed by atoms with Crippen LogP contribution in [-0.2, 0) is 6.18 Å². The molecular formula is C16H14BF3N4O+. The van der Waals surface area contributed by atoms with Gasteiger partial charge in [0.25, 0.3) is 5.91 Å². The van der Waals surface area contributed by atoms with Gasteiger partial charge in [-0.3, -0.25) is 14.7 Å². The van der Waals surface area contributed by atoms with Crippen molar-refractivity contribution in [1.82, 2.24) is 10.9 Å². The van der Waals surface area contributed by atoms with Gasteiger partial charge in [-0.1, -0.05) is 12.1 Å². The molecular weight excluding hydrogens is 332 g/mol. The molecule has 1 aromatic heterocycles. The van der Waals surface area contributed by atoms with E-state index in [0.717, 1.165) is 12.1 Å². The van der Waals surface area contributed by atoms with Gasteiger partial charge in [0.1, 0.15) is 18.4 Å². The molecule has 0 spiro atoms. The van der Waals surface area contributed by atoms with Crippen LogP contribution in [0.3, 0.4) is 0 Å². The molecule has 2 aromatic rings. The van der Waals surface area contributed by atoms with Crippen LogP contribution in [0.5, 0.6) is 0 Å². The van der Waals surface area contributed by atoms with Gasteiger partial charge in [0, 0.05) is 18.2 Å². The average molecular weight is 346 g/mol. The predicted molar refractivity (Wildman–Crippen MR) is 83.9 cm³/mol. The van der Waals surface area contributed by atoms with Crippen molar-refractivity contribution < 1.29 is 22.4 Å². The number of amides is 1. The van der Waals surface area contributed by atoms with Gasteiger partial charge < -0.3 is 0 Å². The predicted octanol–water partition coefficient (Wildman–Crippen LogP) is 1.94. The summed E-state index contributed by atoms with van der Waals surface area (Å²) in [4.78, 5) is 12.0. The molecule has 25 heavy (non-hydrogen) atoms. The molecule has 2 N–H and O–H groups in total. The lowest BCUT2D eigenvalue weighted by Crippen LogP contribution is -2.41. The lowest BCUT2D eigenvalue weighted by atomic mass is 9.98. The topological polar surface area (TPSA) is 68.8 Å². The Morgan fingerprint density at radius 3 is 2.56 bits per heavy atom. The van der Waals surface area contributed by atoms with E-state index < -0.39 is 23.7 Å². The van der Waals surface area contributed by atoms with Crippen LogP contribution in [-0.4, -0.2) is 13.3 Å². The Kier molecular flexibility index (Phi) is 5.77. The van der Waals surface area contributed by atoms with E-state index >= 15 is 0 Å². The van der Waals surface area contributed by atoms with Gasteiger partial charge in [0.05, 0.1) is 11.1 Å². The second kappa shape index (κ2) is 7.81. The number of rotatable bonds is 5. The summed E-state index contributed by atoms with van der Waals surface area (Å²) in [5.74, 6) is 1.41. The molecule has 1 radical (unpaired) electrons. The highest BCUT2D eigenvalue weighted by molar-refractivity contribution is 6.35. The molecule has 127 valence electrons. The molecule has 0 bridgehead atoms. The van der Waals surface area contributed by atoms with Crippen LogP contribution < -0.4 is 15.3 Å². The Hall–Kier alpha value is -2.86. The van der Waals surface area contributed by atoms with E-state index in [0.29, 0.717) is 11.1 Å².